The van der Waals surface area contributed by atoms with Gasteiger partial charge in [0.2, 0.25) is 0 Å². The molecule has 3 nitrogen and oxygen atoms in total. The van der Waals surface area contributed by atoms with E-state index in [1.54, 1.807) is 14.2 Å². The van der Waals surface area contributed by atoms with Gasteiger partial charge in [-0.1, -0.05) is 25.8 Å². The average molecular weight is 277 g/mol. The van der Waals surface area contributed by atoms with Crippen molar-refractivity contribution < 1.29 is 9.47 Å². The molecule has 0 bridgehead atoms. The Bertz CT molecular complexity index is 415. The molecule has 1 atom stereocenters. The molecule has 0 heterocycles. The van der Waals surface area contributed by atoms with Crippen LogP contribution in [0.5, 0.6) is 11.5 Å². The highest BCUT2D eigenvalue weighted by Crippen LogP contribution is 2.33. The Hall–Kier alpha value is -1.22. The summed E-state index contributed by atoms with van der Waals surface area (Å²) in [5.74, 6) is 2.63. The minimum absolute atomic E-state index is 0.397. The summed E-state index contributed by atoms with van der Waals surface area (Å²) in [7, 11) is 3.36. The lowest BCUT2D eigenvalue weighted by Crippen LogP contribution is -2.22. The first-order valence-corrected chi connectivity index (χ1v) is 7.73. The fraction of sp³-hybridized carbons (Fsp3) is 0.647. The van der Waals surface area contributed by atoms with Crippen molar-refractivity contribution in [3.05, 3.63) is 23.8 Å². The van der Waals surface area contributed by atoms with Gasteiger partial charge in [-0.3, -0.25) is 0 Å². The van der Waals surface area contributed by atoms with Crippen LogP contribution in [0.25, 0.3) is 0 Å². The van der Waals surface area contributed by atoms with Crippen LogP contribution in [0.1, 0.15) is 50.6 Å². The lowest BCUT2D eigenvalue weighted by Gasteiger charge is -2.19. The molecule has 1 N–H and O–H groups in total. The van der Waals surface area contributed by atoms with Crippen molar-refractivity contribution in [2.75, 3.05) is 20.8 Å². The number of rotatable bonds is 9. The second-order valence-corrected chi connectivity index (χ2v) is 5.61. The monoisotopic (exact) mass is 277 g/mol. The van der Waals surface area contributed by atoms with E-state index in [2.05, 4.69) is 24.4 Å². The maximum atomic E-state index is 5.38. The van der Waals surface area contributed by atoms with E-state index in [-0.39, 0.29) is 0 Å². The second-order valence-electron chi connectivity index (χ2n) is 5.61. The van der Waals surface area contributed by atoms with Crippen LogP contribution in [0, 0.1) is 5.92 Å². The molecule has 3 heteroatoms. The standard InChI is InChI=1S/C17H27NO2/c1-4-15(18-11-5-6-13-7-8-13)14-9-10-16(19-2)17(12-14)20-3/h9-10,12-13,15,18H,4-8,11H2,1-3H3. The molecule has 2 rings (SSSR count). The Labute approximate surface area is 122 Å². The molecule has 0 radical (unpaired) electrons. The summed E-state index contributed by atoms with van der Waals surface area (Å²) in [6.07, 6.45) is 6.66. The highest BCUT2D eigenvalue weighted by Gasteiger charge is 2.20. The lowest BCUT2D eigenvalue weighted by atomic mass is 10.0. The zero-order valence-corrected chi connectivity index (χ0v) is 12.9. The molecule has 1 aromatic carbocycles. The van der Waals surface area contributed by atoms with Gasteiger partial charge in [0, 0.05) is 6.04 Å². The van der Waals surface area contributed by atoms with Crippen molar-refractivity contribution >= 4 is 0 Å². The maximum absolute atomic E-state index is 5.38. The van der Waals surface area contributed by atoms with Crippen molar-refractivity contribution in [1.29, 1.82) is 0 Å². The van der Waals surface area contributed by atoms with Gasteiger partial charge >= 0.3 is 0 Å². The van der Waals surface area contributed by atoms with Crippen molar-refractivity contribution in [2.24, 2.45) is 5.92 Å². The fourth-order valence-corrected chi connectivity index (χ4v) is 2.64. The van der Waals surface area contributed by atoms with E-state index in [9.17, 15) is 0 Å². The lowest BCUT2D eigenvalue weighted by molar-refractivity contribution is 0.353. The minimum atomic E-state index is 0.397. The van der Waals surface area contributed by atoms with Gasteiger partial charge < -0.3 is 14.8 Å². The molecule has 112 valence electrons. The molecule has 1 aliphatic rings. The first kappa shape index (κ1) is 15.2. The Kier molecular flexibility index (Phi) is 5.72. The Morgan fingerprint density at radius 1 is 1.20 bits per heavy atom. The van der Waals surface area contributed by atoms with Gasteiger partial charge in [-0.05, 0) is 49.4 Å². The molecule has 1 fully saturated rings. The van der Waals surface area contributed by atoms with Crippen LogP contribution in [-0.2, 0) is 0 Å². The zero-order chi connectivity index (χ0) is 14.4. The molecule has 0 saturated heterocycles. The zero-order valence-electron chi connectivity index (χ0n) is 12.9. The quantitative estimate of drug-likeness (QED) is 0.694. The normalized spacial score (nSPS) is 15.9. The van der Waals surface area contributed by atoms with E-state index in [1.165, 1.54) is 31.2 Å². The predicted molar refractivity (Wildman–Crippen MR) is 82.5 cm³/mol. The SMILES string of the molecule is CCC(NCCCC1CC1)c1ccc(OC)c(OC)c1. The molecule has 1 unspecified atom stereocenters. The van der Waals surface area contributed by atoms with Crippen LogP contribution < -0.4 is 14.8 Å². The van der Waals surface area contributed by atoms with Crippen LogP contribution in [-0.4, -0.2) is 20.8 Å². The summed E-state index contributed by atoms with van der Waals surface area (Å²) in [4.78, 5) is 0. The summed E-state index contributed by atoms with van der Waals surface area (Å²) < 4.78 is 10.7. The van der Waals surface area contributed by atoms with Crippen LogP contribution in [0.4, 0.5) is 0 Å². The topological polar surface area (TPSA) is 30.5 Å². The number of methoxy groups -OCH3 is 2. The van der Waals surface area contributed by atoms with E-state index >= 15 is 0 Å². The maximum Gasteiger partial charge on any atom is 0.161 e. The Morgan fingerprint density at radius 2 is 1.95 bits per heavy atom. The molecule has 20 heavy (non-hydrogen) atoms. The minimum Gasteiger partial charge on any atom is -0.493 e. The van der Waals surface area contributed by atoms with Gasteiger partial charge in [-0.15, -0.1) is 0 Å². The summed E-state index contributed by atoms with van der Waals surface area (Å²) in [6, 6.07) is 6.60. The third-order valence-corrected chi connectivity index (χ3v) is 4.10. The molecule has 0 amide bonds. The number of ether oxygens (including phenoxy) is 2. The Balaban J connectivity index is 1.91. The van der Waals surface area contributed by atoms with E-state index in [1.807, 2.05) is 6.07 Å². The number of benzene rings is 1. The van der Waals surface area contributed by atoms with Crippen molar-refractivity contribution in [1.82, 2.24) is 5.32 Å². The van der Waals surface area contributed by atoms with Crippen LogP contribution in [0.3, 0.4) is 0 Å². The molecule has 1 aliphatic carbocycles. The second kappa shape index (κ2) is 7.53. The van der Waals surface area contributed by atoms with Gasteiger partial charge in [0.05, 0.1) is 14.2 Å². The molecular weight excluding hydrogens is 250 g/mol. The largest absolute Gasteiger partial charge is 0.493 e. The first-order valence-electron chi connectivity index (χ1n) is 7.73. The molecule has 1 aromatic rings. The molecular formula is C17H27NO2. The van der Waals surface area contributed by atoms with Crippen LogP contribution in [0.15, 0.2) is 18.2 Å². The highest BCUT2D eigenvalue weighted by molar-refractivity contribution is 5.43. The van der Waals surface area contributed by atoms with E-state index in [0.717, 1.165) is 30.4 Å². The number of hydrogen-bond donors (Lipinski definition) is 1. The van der Waals surface area contributed by atoms with Gasteiger partial charge in [0.1, 0.15) is 0 Å². The van der Waals surface area contributed by atoms with E-state index in [0.29, 0.717) is 6.04 Å². The third kappa shape index (κ3) is 4.14. The fourth-order valence-electron chi connectivity index (χ4n) is 2.64. The summed E-state index contributed by atoms with van der Waals surface area (Å²) in [5, 5.41) is 3.66. The van der Waals surface area contributed by atoms with Crippen LogP contribution >= 0.6 is 0 Å². The van der Waals surface area contributed by atoms with Gasteiger partial charge in [0.25, 0.3) is 0 Å². The molecule has 1 saturated carbocycles. The van der Waals surface area contributed by atoms with Gasteiger partial charge in [0.15, 0.2) is 11.5 Å². The molecule has 0 aliphatic heterocycles. The van der Waals surface area contributed by atoms with E-state index in [4.69, 9.17) is 9.47 Å². The predicted octanol–water partition coefficient (Wildman–Crippen LogP) is 3.93. The molecule has 0 aromatic heterocycles. The van der Waals surface area contributed by atoms with E-state index < -0.39 is 0 Å². The summed E-state index contributed by atoms with van der Waals surface area (Å²) >= 11 is 0. The number of nitrogens with one attached hydrogen (secondary N) is 1. The number of hydrogen-bond acceptors (Lipinski definition) is 3. The summed E-state index contributed by atoms with van der Waals surface area (Å²) in [6.45, 7) is 3.32. The smallest absolute Gasteiger partial charge is 0.161 e. The van der Waals surface area contributed by atoms with Crippen molar-refractivity contribution in [3.8, 4) is 11.5 Å². The Morgan fingerprint density at radius 3 is 2.55 bits per heavy atom. The van der Waals surface area contributed by atoms with Crippen LogP contribution in [0.2, 0.25) is 0 Å². The highest BCUT2D eigenvalue weighted by atomic mass is 16.5. The van der Waals surface area contributed by atoms with Crippen molar-refractivity contribution in [3.63, 3.8) is 0 Å². The van der Waals surface area contributed by atoms with Gasteiger partial charge in [-0.25, -0.2) is 0 Å². The van der Waals surface area contributed by atoms with Crippen molar-refractivity contribution in [2.45, 2.75) is 45.1 Å². The summed E-state index contributed by atoms with van der Waals surface area (Å²) in [5.41, 5.74) is 1.27. The average Bonchev–Trinajstić information content (AvgIpc) is 3.31. The third-order valence-electron chi connectivity index (χ3n) is 4.10. The van der Waals surface area contributed by atoms with Gasteiger partial charge in [-0.2, -0.15) is 0 Å². The first-order chi connectivity index (χ1) is 9.78. The molecule has 0 spiro atoms.